The van der Waals surface area contributed by atoms with Gasteiger partial charge in [0.1, 0.15) is 0 Å². The molecule has 0 bridgehead atoms. The standard InChI is InChI=1S/C16H19N3O4S/c1-3-7-17-13(20)6-8-19-14(21)11-5-4-10(15(22)23-2)9-12(11)18-16(19)24/h4-5,9H,3,6-8H2,1-2H3,(H,17,20)(H,18,24). The molecule has 2 aromatic rings. The zero-order valence-electron chi connectivity index (χ0n) is 13.5. The predicted molar refractivity (Wildman–Crippen MR) is 92.6 cm³/mol. The molecule has 128 valence electrons. The molecule has 8 heteroatoms. The molecule has 0 fully saturated rings. The Morgan fingerprint density at radius 2 is 2.12 bits per heavy atom. The van der Waals surface area contributed by atoms with Crippen LogP contribution >= 0.6 is 12.2 Å². The summed E-state index contributed by atoms with van der Waals surface area (Å²) < 4.78 is 6.21. The average Bonchev–Trinajstić information content (AvgIpc) is 2.58. The zero-order valence-corrected chi connectivity index (χ0v) is 14.4. The Labute approximate surface area is 143 Å². The Balaban J connectivity index is 2.33. The van der Waals surface area contributed by atoms with E-state index in [1.807, 2.05) is 6.92 Å². The van der Waals surface area contributed by atoms with Crippen LogP contribution in [-0.4, -0.2) is 35.1 Å². The monoisotopic (exact) mass is 349 g/mol. The molecule has 1 aromatic carbocycles. The van der Waals surface area contributed by atoms with Crippen LogP contribution in [-0.2, 0) is 16.1 Å². The summed E-state index contributed by atoms with van der Waals surface area (Å²) in [7, 11) is 1.29. The minimum atomic E-state index is -0.493. The number of amides is 1. The van der Waals surface area contributed by atoms with Crippen molar-refractivity contribution in [1.29, 1.82) is 0 Å². The lowest BCUT2D eigenvalue weighted by molar-refractivity contribution is -0.121. The summed E-state index contributed by atoms with van der Waals surface area (Å²) in [5.41, 5.74) is 0.486. The fourth-order valence-electron chi connectivity index (χ4n) is 2.27. The minimum Gasteiger partial charge on any atom is -0.465 e. The normalized spacial score (nSPS) is 10.6. The Morgan fingerprint density at radius 3 is 2.79 bits per heavy atom. The number of esters is 1. The van der Waals surface area contributed by atoms with Gasteiger partial charge in [-0.25, -0.2) is 4.79 Å². The van der Waals surface area contributed by atoms with E-state index in [2.05, 4.69) is 15.0 Å². The van der Waals surface area contributed by atoms with Crippen LogP contribution in [0.1, 0.15) is 30.1 Å². The first-order valence-corrected chi connectivity index (χ1v) is 8.00. The third-order valence-electron chi connectivity index (χ3n) is 3.54. The van der Waals surface area contributed by atoms with Gasteiger partial charge in [-0.1, -0.05) is 6.92 Å². The van der Waals surface area contributed by atoms with Crippen molar-refractivity contribution in [2.75, 3.05) is 13.7 Å². The van der Waals surface area contributed by atoms with Crippen LogP contribution in [0.5, 0.6) is 0 Å². The molecule has 0 aliphatic heterocycles. The number of rotatable bonds is 6. The number of hydrogen-bond donors (Lipinski definition) is 2. The van der Waals surface area contributed by atoms with Crippen molar-refractivity contribution in [2.24, 2.45) is 0 Å². The highest BCUT2D eigenvalue weighted by molar-refractivity contribution is 7.71. The number of benzene rings is 1. The van der Waals surface area contributed by atoms with E-state index in [4.69, 9.17) is 12.2 Å². The maximum absolute atomic E-state index is 12.6. The van der Waals surface area contributed by atoms with Crippen LogP contribution < -0.4 is 10.9 Å². The Kier molecular flexibility index (Phi) is 5.86. The van der Waals surface area contributed by atoms with E-state index in [-0.39, 0.29) is 29.2 Å². The Bertz CT molecular complexity index is 885. The van der Waals surface area contributed by atoms with E-state index in [1.54, 1.807) is 6.07 Å². The number of carbonyl (C=O) groups excluding carboxylic acids is 2. The third kappa shape index (κ3) is 3.88. The molecule has 0 spiro atoms. The number of aromatic amines is 1. The van der Waals surface area contributed by atoms with Gasteiger partial charge in [-0.2, -0.15) is 0 Å². The number of hydrogen-bond acceptors (Lipinski definition) is 5. The van der Waals surface area contributed by atoms with Crippen molar-refractivity contribution in [3.8, 4) is 0 Å². The number of nitrogens with one attached hydrogen (secondary N) is 2. The molecule has 2 rings (SSSR count). The number of carbonyl (C=O) groups is 2. The molecule has 7 nitrogen and oxygen atoms in total. The lowest BCUT2D eigenvalue weighted by Crippen LogP contribution is -2.28. The van der Waals surface area contributed by atoms with E-state index < -0.39 is 5.97 Å². The van der Waals surface area contributed by atoms with Gasteiger partial charge in [0.05, 0.1) is 23.6 Å². The number of fused-ring (bicyclic) bond motifs is 1. The molecule has 1 amide bonds. The Morgan fingerprint density at radius 1 is 1.38 bits per heavy atom. The van der Waals surface area contributed by atoms with Crippen molar-refractivity contribution in [3.63, 3.8) is 0 Å². The summed E-state index contributed by atoms with van der Waals surface area (Å²) in [6, 6.07) is 4.59. The highest BCUT2D eigenvalue weighted by Crippen LogP contribution is 2.11. The number of methoxy groups -OCH3 is 1. The van der Waals surface area contributed by atoms with Crippen molar-refractivity contribution >= 4 is 35.0 Å². The third-order valence-corrected chi connectivity index (χ3v) is 3.86. The number of nitrogens with zero attached hydrogens (tertiary/aromatic N) is 1. The molecular weight excluding hydrogens is 330 g/mol. The van der Waals surface area contributed by atoms with Crippen LogP contribution in [0, 0.1) is 4.77 Å². The molecule has 1 heterocycles. The van der Waals surface area contributed by atoms with E-state index in [0.717, 1.165) is 6.42 Å². The fraction of sp³-hybridized carbons (Fsp3) is 0.375. The van der Waals surface area contributed by atoms with E-state index in [0.29, 0.717) is 23.0 Å². The zero-order chi connectivity index (χ0) is 17.7. The van der Waals surface area contributed by atoms with Gasteiger partial charge in [-0.3, -0.25) is 14.2 Å². The summed E-state index contributed by atoms with van der Waals surface area (Å²) in [5.74, 6) is -0.618. The summed E-state index contributed by atoms with van der Waals surface area (Å²) in [5, 5.41) is 3.15. The molecule has 0 aliphatic rings. The maximum Gasteiger partial charge on any atom is 0.337 e. The van der Waals surface area contributed by atoms with Gasteiger partial charge in [0.25, 0.3) is 5.56 Å². The highest BCUT2D eigenvalue weighted by Gasteiger charge is 2.11. The van der Waals surface area contributed by atoms with Crippen molar-refractivity contribution in [1.82, 2.24) is 14.9 Å². The number of ether oxygens (including phenoxy) is 1. The topological polar surface area (TPSA) is 93.2 Å². The van der Waals surface area contributed by atoms with Gasteiger partial charge < -0.3 is 15.0 Å². The van der Waals surface area contributed by atoms with Crippen LogP contribution in [0.2, 0.25) is 0 Å². The van der Waals surface area contributed by atoms with Gasteiger partial charge >= 0.3 is 5.97 Å². The van der Waals surface area contributed by atoms with Gasteiger partial charge in [0.15, 0.2) is 4.77 Å². The summed E-state index contributed by atoms with van der Waals surface area (Å²) >= 11 is 5.20. The highest BCUT2D eigenvalue weighted by atomic mass is 32.1. The first-order chi connectivity index (χ1) is 11.5. The molecule has 0 saturated carbocycles. The minimum absolute atomic E-state index is 0.126. The molecule has 0 radical (unpaired) electrons. The van der Waals surface area contributed by atoms with Gasteiger partial charge in [-0.15, -0.1) is 0 Å². The van der Waals surface area contributed by atoms with Gasteiger partial charge in [-0.05, 0) is 36.8 Å². The summed E-state index contributed by atoms with van der Waals surface area (Å²) in [4.78, 5) is 38.7. The molecule has 0 atom stereocenters. The quantitative estimate of drug-likeness (QED) is 0.612. The average molecular weight is 349 g/mol. The van der Waals surface area contributed by atoms with E-state index in [1.165, 1.54) is 23.8 Å². The molecule has 0 saturated heterocycles. The van der Waals surface area contributed by atoms with E-state index in [9.17, 15) is 14.4 Å². The fourth-order valence-corrected chi connectivity index (χ4v) is 2.55. The summed E-state index contributed by atoms with van der Waals surface area (Å²) in [6.45, 7) is 2.76. The smallest absolute Gasteiger partial charge is 0.337 e. The van der Waals surface area contributed by atoms with Gasteiger partial charge in [0.2, 0.25) is 5.91 Å². The lowest BCUT2D eigenvalue weighted by Gasteiger charge is -2.09. The molecule has 1 aromatic heterocycles. The summed E-state index contributed by atoms with van der Waals surface area (Å²) in [6.07, 6.45) is 1.02. The number of aromatic nitrogens is 2. The van der Waals surface area contributed by atoms with Crippen molar-refractivity contribution in [3.05, 3.63) is 38.9 Å². The molecule has 2 N–H and O–H groups in total. The molecule has 0 unspecified atom stereocenters. The second-order valence-corrected chi connectivity index (χ2v) is 5.63. The van der Waals surface area contributed by atoms with E-state index >= 15 is 0 Å². The molecule has 24 heavy (non-hydrogen) atoms. The van der Waals surface area contributed by atoms with Crippen LogP contribution in [0.15, 0.2) is 23.0 Å². The number of H-pyrrole nitrogens is 1. The maximum atomic E-state index is 12.6. The van der Waals surface area contributed by atoms with Crippen LogP contribution in [0.4, 0.5) is 0 Å². The Hall–Kier alpha value is -2.48. The second-order valence-electron chi connectivity index (χ2n) is 5.24. The predicted octanol–water partition coefficient (Wildman–Crippen LogP) is 1.76. The van der Waals surface area contributed by atoms with Crippen molar-refractivity contribution < 1.29 is 14.3 Å². The first-order valence-electron chi connectivity index (χ1n) is 7.59. The molecule has 0 aliphatic carbocycles. The lowest BCUT2D eigenvalue weighted by atomic mass is 10.1. The van der Waals surface area contributed by atoms with Crippen LogP contribution in [0.25, 0.3) is 10.9 Å². The van der Waals surface area contributed by atoms with Gasteiger partial charge in [0, 0.05) is 19.5 Å². The molecular formula is C16H19N3O4S. The SMILES string of the molecule is CCCNC(=O)CCn1c(=S)[nH]c2cc(C(=O)OC)ccc2c1=O. The second kappa shape index (κ2) is 7.87. The largest absolute Gasteiger partial charge is 0.465 e. The van der Waals surface area contributed by atoms with Crippen LogP contribution in [0.3, 0.4) is 0 Å². The first kappa shape index (κ1) is 17.9. The van der Waals surface area contributed by atoms with Crippen molar-refractivity contribution in [2.45, 2.75) is 26.3 Å².